The van der Waals surface area contributed by atoms with Crippen molar-refractivity contribution in [3.8, 4) is 12.3 Å². The summed E-state index contributed by atoms with van der Waals surface area (Å²) in [5, 5.41) is 0. The summed E-state index contributed by atoms with van der Waals surface area (Å²) in [6.07, 6.45) is 5.21. The zero-order chi connectivity index (χ0) is 18.6. The van der Waals surface area contributed by atoms with Crippen molar-refractivity contribution in [2.24, 2.45) is 0 Å². The molecule has 0 saturated carbocycles. The van der Waals surface area contributed by atoms with Gasteiger partial charge in [-0.15, -0.1) is 6.42 Å². The predicted molar refractivity (Wildman–Crippen MR) is 96.8 cm³/mol. The molecular formula is C18H24N2O4S. The topological polar surface area (TPSA) is 66.9 Å². The molecule has 2 rings (SSSR count). The molecule has 0 amide bonds. The van der Waals surface area contributed by atoms with Crippen molar-refractivity contribution in [3.63, 3.8) is 0 Å². The fourth-order valence-electron chi connectivity index (χ4n) is 2.92. The molecule has 1 atom stereocenters. The Morgan fingerprint density at radius 2 is 2.00 bits per heavy atom. The quantitative estimate of drug-likeness (QED) is 0.557. The Hall–Kier alpha value is -1.88. The molecule has 1 aromatic carbocycles. The average molecular weight is 364 g/mol. The van der Waals surface area contributed by atoms with Crippen LogP contribution >= 0.6 is 0 Å². The molecule has 0 spiro atoms. The minimum absolute atomic E-state index is 0.0379. The number of nitrogens with zero attached hydrogens (tertiary/aromatic N) is 2. The van der Waals surface area contributed by atoms with Crippen LogP contribution in [0, 0.1) is 26.2 Å². The Bertz CT molecular complexity index is 763. The number of benzene rings is 1. The van der Waals surface area contributed by atoms with Gasteiger partial charge in [0.15, 0.2) is 0 Å². The van der Waals surface area contributed by atoms with Gasteiger partial charge in [-0.05, 0) is 33.0 Å². The highest BCUT2D eigenvalue weighted by atomic mass is 32.2. The van der Waals surface area contributed by atoms with Crippen LogP contribution in [0.3, 0.4) is 0 Å². The lowest BCUT2D eigenvalue weighted by Gasteiger charge is -2.22. The van der Waals surface area contributed by atoms with E-state index in [9.17, 15) is 13.2 Å². The number of esters is 1. The van der Waals surface area contributed by atoms with E-state index in [-0.39, 0.29) is 30.9 Å². The molecule has 6 nitrogen and oxygen atoms in total. The molecule has 1 aromatic rings. The van der Waals surface area contributed by atoms with E-state index in [2.05, 4.69) is 5.92 Å². The smallest absolute Gasteiger partial charge is 0.338 e. The van der Waals surface area contributed by atoms with Crippen molar-refractivity contribution in [1.82, 2.24) is 9.21 Å². The van der Waals surface area contributed by atoms with E-state index in [1.807, 2.05) is 31.9 Å². The van der Waals surface area contributed by atoms with Gasteiger partial charge in [0.2, 0.25) is 10.0 Å². The van der Waals surface area contributed by atoms with Crippen LogP contribution in [-0.4, -0.2) is 68.7 Å². The summed E-state index contributed by atoms with van der Waals surface area (Å²) in [5.74, 6) is 2.04. The number of rotatable bonds is 6. The van der Waals surface area contributed by atoms with Gasteiger partial charge in [0.1, 0.15) is 6.61 Å². The Morgan fingerprint density at radius 3 is 2.60 bits per heavy atom. The molecule has 0 aromatic heterocycles. The van der Waals surface area contributed by atoms with Gasteiger partial charge in [0, 0.05) is 19.1 Å². The first-order valence-corrected chi connectivity index (χ1v) is 9.71. The maximum atomic E-state index is 12.1. The number of sulfonamides is 1. The molecule has 0 radical (unpaired) electrons. The predicted octanol–water partition coefficient (Wildman–Crippen LogP) is 1.04. The van der Waals surface area contributed by atoms with Gasteiger partial charge in [0.25, 0.3) is 0 Å². The standard InChI is InChI=1S/C18H24N2O4S/c1-5-6-20-12-17(13-25(20,22)23)19(4)7-8-24-18(21)16-10-14(2)9-15(3)11-16/h1,9-11,17H,6-8,12-13H2,2-4H3. The number of hydrogen-bond acceptors (Lipinski definition) is 5. The molecule has 1 aliphatic heterocycles. The summed E-state index contributed by atoms with van der Waals surface area (Å²) < 4.78 is 30.7. The van der Waals surface area contributed by atoms with Crippen LogP contribution < -0.4 is 0 Å². The zero-order valence-electron chi connectivity index (χ0n) is 14.9. The maximum Gasteiger partial charge on any atom is 0.338 e. The van der Waals surface area contributed by atoms with Crippen LogP contribution in [0.5, 0.6) is 0 Å². The maximum absolute atomic E-state index is 12.1. The van der Waals surface area contributed by atoms with E-state index in [1.165, 1.54) is 4.31 Å². The van der Waals surface area contributed by atoms with E-state index in [0.717, 1.165) is 11.1 Å². The van der Waals surface area contributed by atoms with Gasteiger partial charge in [-0.3, -0.25) is 4.90 Å². The van der Waals surface area contributed by atoms with Crippen LogP contribution in [0.15, 0.2) is 18.2 Å². The molecule has 0 N–H and O–H groups in total. The first kappa shape index (κ1) is 19.4. The normalized spacial score (nSPS) is 19.7. The largest absolute Gasteiger partial charge is 0.461 e. The molecule has 1 saturated heterocycles. The van der Waals surface area contributed by atoms with E-state index >= 15 is 0 Å². The first-order valence-electron chi connectivity index (χ1n) is 8.10. The third-order valence-corrected chi connectivity index (χ3v) is 6.11. The van der Waals surface area contributed by atoms with Crippen molar-refractivity contribution in [1.29, 1.82) is 0 Å². The summed E-state index contributed by atoms with van der Waals surface area (Å²) in [6.45, 7) is 4.98. The van der Waals surface area contributed by atoms with Crippen molar-refractivity contribution >= 4 is 16.0 Å². The summed E-state index contributed by atoms with van der Waals surface area (Å²) in [4.78, 5) is 14.0. The number of terminal acetylenes is 1. The Kier molecular flexibility index (Phi) is 6.22. The Labute approximate surface area is 149 Å². The van der Waals surface area contributed by atoms with Gasteiger partial charge in [-0.25, -0.2) is 13.2 Å². The average Bonchev–Trinajstić information content (AvgIpc) is 2.81. The summed E-state index contributed by atoms with van der Waals surface area (Å²) in [7, 11) is -1.47. The molecule has 25 heavy (non-hydrogen) atoms. The lowest BCUT2D eigenvalue weighted by molar-refractivity contribution is 0.0458. The number of aryl methyl sites for hydroxylation is 2. The minimum Gasteiger partial charge on any atom is -0.461 e. The summed E-state index contributed by atoms with van der Waals surface area (Å²) >= 11 is 0. The monoisotopic (exact) mass is 364 g/mol. The van der Waals surface area contributed by atoms with Crippen LogP contribution in [0.2, 0.25) is 0 Å². The number of likely N-dealkylation sites (N-methyl/N-ethyl adjacent to an activating group) is 1. The molecule has 1 aliphatic rings. The molecule has 7 heteroatoms. The third kappa shape index (κ3) is 5.05. The van der Waals surface area contributed by atoms with Crippen LogP contribution in [0.1, 0.15) is 21.5 Å². The lowest BCUT2D eigenvalue weighted by Crippen LogP contribution is -2.38. The van der Waals surface area contributed by atoms with E-state index in [1.54, 1.807) is 12.1 Å². The van der Waals surface area contributed by atoms with Gasteiger partial charge >= 0.3 is 5.97 Å². The zero-order valence-corrected chi connectivity index (χ0v) is 15.7. The van der Waals surface area contributed by atoms with Gasteiger partial charge in [-0.1, -0.05) is 23.1 Å². The second-order valence-electron chi connectivity index (χ2n) is 6.42. The minimum atomic E-state index is -3.30. The highest BCUT2D eigenvalue weighted by Crippen LogP contribution is 2.17. The van der Waals surface area contributed by atoms with Crippen molar-refractivity contribution in [2.75, 3.05) is 39.0 Å². The molecular weight excluding hydrogens is 340 g/mol. The molecule has 0 aliphatic carbocycles. The van der Waals surface area contributed by atoms with Gasteiger partial charge in [-0.2, -0.15) is 4.31 Å². The molecule has 0 bridgehead atoms. The second kappa shape index (κ2) is 8.00. The number of carbonyl (C=O) groups excluding carboxylic acids is 1. The number of carbonyl (C=O) groups is 1. The molecule has 1 fully saturated rings. The highest BCUT2D eigenvalue weighted by molar-refractivity contribution is 7.89. The van der Waals surface area contributed by atoms with Crippen molar-refractivity contribution < 1.29 is 17.9 Å². The van der Waals surface area contributed by atoms with Gasteiger partial charge in [0.05, 0.1) is 17.9 Å². The van der Waals surface area contributed by atoms with Gasteiger partial charge < -0.3 is 4.74 Å². The van der Waals surface area contributed by atoms with Crippen molar-refractivity contribution in [2.45, 2.75) is 19.9 Å². The van der Waals surface area contributed by atoms with Crippen LogP contribution in [0.25, 0.3) is 0 Å². The fourth-order valence-corrected chi connectivity index (χ4v) is 4.65. The Morgan fingerprint density at radius 1 is 1.36 bits per heavy atom. The highest BCUT2D eigenvalue weighted by Gasteiger charge is 2.37. The third-order valence-electron chi connectivity index (χ3n) is 4.24. The summed E-state index contributed by atoms with van der Waals surface area (Å²) in [5.41, 5.74) is 2.55. The fraction of sp³-hybridized carbons (Fsp3) is 0.500. The van der Waals surface area contributed by atoms with Crippen LogP contribution in [-0.2, 0) is 14.8 Å². The lowest BCUT2D eigenvalue weighted by atomic mass is 10.1. The van der Waals surface area contributed by atoms with E-state index in [0.29, 0.717) is 18.7 Å². The molecule has 1 heterocycles. The van der Waals surface area contributed by atoms with E-state index in [4.69, 9.17) is 11.2 Å². The van der Waals surface area contributed by atoms with Crippen molar-refractivity contribution in [3.05, 3.63) is 34.9 Å². The second-order valence-corrected chi connectivity index (χ2v) is 8.44. The Balaban J connectivity index is 1.85. The van der Waals surface area contributed by atoms with Crippen LogP contribution in [0.4, 0.5) is 0 Å². The summed E-state index contributed by atoms with van der Waals surface area (Å²) in [6, 6.07) is 5.42. The first-order chi connectivity index (χ1) is 11.7. The number of ether oxygens (including phenoxy) is 1. The molecule has 1 unspecified atom stereocenters. The SMILES string of the molecule is C#CCN1CC(N(C)CCOC(=O)c2cc(C)cc(C)c2)CS1(=O)=O. The molecule has 136 valence electrons. The van der Waals surface area contributed by atoms with E-state index < -0.39 is 10.0 Å². The number of hydrogen-bond donors (Lipinski definition) is 0.